The monoisotopic (exact) mass is 291 g/mol. The van der Waals surface area contributed by atoms with Crippen LogP contribution in [0.2, 0.25) is 0 Å². The number of carboxylic acid groups (broad SMARTS) is 1. The van der Waals surface area contributed by atoms with Gasteiger partial charge in [0.2, 0.25) is 0 Å². The van der Waals surface area contributed by atoms with E-state index in [4.69, 9.17) is 10.2 Å². The van der Waals surface area contributed by atoms with Crippen LogP contribution in [0.1, 0.15) is 17.3 Å². The predicted octanol–water partition coefficient (Wildman–Crippen LogP) is 2.19. The highest BCUT2D eigenvalue weighted by atomic mass is 32.2. The minimum absolute atomic E-state index is 0.133. The molecule has 0 spiro atoms. The Bertz CT molecular complexity index is 443. The van der Waals surface area contributed by atoms with Crippen LogP contribution in [0.3, 0.4) is 0 Å². The Morgan fingerprint density at radius 3 is 2.32 bits per heavy atom. The number of thioether (sulfide) groups is 1. The molecule has 0 saturated carbocycles. The van der Waals surface area contributed by atoms with Crippen LogP contribution in [-0.2, 0) is 0 Å². The van der Waals surface area contributed by atoms with Gasteiger partial charge in [0.1, 0.15) is 17.3 Å². The third-order valence-electron chi connectivity index (χ3n) is 2.70. The zero-order valence-corrected chi connectivity index (χ0v) is 11.3. The molecule has 0 bridgehead atoms. The first kappa shape index (κ1) is 15.7. The molecule has 0 fully saturated rings. The van der Waals surface area contributed by atoms with Gasteiger partial charge < -0.3 is 15.5 Å². The van der Waals surface area contributed by atoms with Gasteiger partial charge in [0.05, 0.1) is 12.2 Å². The summed E-state index contributed by atoms with van der Waals surface area (Å²) in [4.78, 5) is 10.6. The van der Waals surface area contributed by atoms with E-state index in [-0.39, 0.29) is 23.6 Å². The fraction of sp³-hybridized carbons (Fsp3) is 0.417. The van der Waals surface area contributed by atoms with Crippen LogP contribution in [0.25, 0.3) is 0 Å². The fourth-order valence-corrected chi connectivity index (χ4v) is 2.22. The van der Waals surface area contributed by atoms with Crippen molar-refractivity contribution in [2.45, 2.75) is 18.2 Å². The van der Waals surface area contributed by atoms with Gasteiger partial charge in [-0.1, -0.05) is 0 Å². The van der Waals surface area contributed by atoms with Crippen LogP contribution in [0.5, 0.6) is 0 Å². The Balaban J connectivity index is 2.99. The first-order valence-electron chi connectivity index (χ1n) is 5.53. The first-order valence-corrected chi connectivity index (χ1v) is 6.82. The van der Waals surface area contributed by atoms with E-state index in [0.29, 0.717) is 0 Å². The van der Waals surface area contributed by atoms with Crippen molar-refractivity contribution < 1.29 is 23.8 Å². The third kappa shape index (κ3) is 3.81. The number of carbonyl (C=O) groups is 1. The smallest absolute Gasteiger partial charge is 0.335 e. The van der Waals surface area contributed by atoms with Crippen molar-refractivity contribution in [1.29, 1.82) is 0 Å². The van der Waals surface area contributed by atoms with Crippen molar-refractivity contribution in [1.82, 2.24) is 0 Å². The van der Waals surface area contributed by atoms with E-state index in [1.54, 1.807) is 13.2 Å². The molecule has 7 heteroatoms. The van der Waals surface area contributed by atoms with E-state index >= 15 is 0 Å². The van der Waals surface area contributed by atoms with Gasteiger partial charge in [0, 0.05) is 11.3 Å². The second-order valence-corrected chi connectivity index (χ2v) is 5.09. The molecule has 1 rings (SSSR count). The number of aromatic carboxylic acids is 1. The summed E-state index contributed by atoms with van der Waals surface area (Å²) in [7, 11) is 0. The van der Waals surface area contributed by atoms with Crippen molar-refractivity contribution in [3.63, 3.8) is 0 Å². The van der Waals surface area contributed by atoms with Crippen LogP contribution in [0, 0.1) is 11.6 Å². The van der Waals surface area contributed by atoms with Crippen molar-refractivity contribution in [2.24, 2.45) is 0 Å². The highest BCUT2D eigenvalue weighted by molar-refractivity contribution is 7.99. The molecule has 106 valence electrons. The molecule has 0 aliphatic carbocycles. The molecule has 3 N–H and O–H groups in total. The molecule has 0 aromatic heterocycles. The molecule has 1 aromatic rings. The highest BCUT2D eigenvalue weighted by Crippen LogP contribution is 2.24. The lowest BCUT2D eigenvalue weighted by Gasteiger charge is -2.23. The van der Waals surface area contributed by atoms with E-state index in [2.05, 4.69) is 5.32 Å². The van der Waals surface area contributed by atoms with Crippen LogP contribution in [0.15, 0.2) is 12.1 Å². The van der Waals surface area contributed by atoms with Crippen LogP contribution in [-0.4, -0.2) is 40.3 Å². The fourth-order valence-electron chi connectivity index (χ4n) is 1.59. The van der Waals surface area contributed by atoms with Gasteiger partial charge in [-0.25, -0.2) is 13.6 Å². The molecule has 2 atom stereocenters. The van der Waals surface area contributed by atoms with Gasteiger partial charge in [-0.2, -0.15) is 11.8 Å². The summed E-state index contributed by atoms with van der Waals surface area (Å²) >= 11 is 1.37. The van der Waals surface area contributed by atoms with E-state index < -0.39 is 23.2 Å². The Labute approximate surface area is 113 Å². The number of benzene rings is 1. The summed E-state index contributed by atoms with van der Waals surface area (Å²) < 4.78 is 27.3. The standard InChI is InChI=1S/C12H15F2NO3S/c1-6(10(5-16)19-2)15-11-8(13)3-7(12(17)18)4-9(11)14/h3-4,6,10,15-16H,5H2,1-2H3,(H,17,18). The summed E-state index contributed by atoms with van der Waals surface area (Å²) in [6, 6.07) is 1.14. The number of anilines is 1. The SMILES string of the molecule is CSC(CO)C(C)Nc1c(F)cc(C(=O)O)cc1F. The maximum Gasteiger partial charge on any atom is 0.335 e. The zero-order valence-electron chi connectivity index (χ0n) is 10.5. The lowest BCUT2D eigenvalue weighted by molar-refractivity contribution is 0.0696. The number of hydrogen-bond acceptors (Lipinski definition) is 4. The van der Waals surface area contributed by atoms with Crippen molar-refractivity contribution in [3.05, 3.63) is 29.3 Å². The maximum absolute atomic E-state index is 13.7. The van der Waals surface area contributed by atoms with Crippen molar-refractivity contribution in [3.8, 4) is 0 Å². The Hall–Kier alpha value is -1.34. The van der Waals surface area contributed by atoms with Crippen LogP contribution in [0.4, 0.5) is 14.5 Å². The van der Waals surface area contributed by atoms with Gasteiger partial charge >= 0.3 is 5.97 Å². The number of hydrogen-bond donors (Lipinski definition) is 3. The number of aliphatic hydroxyl groups excluding tert-OH is 1. The Morgan fingerprint density at radius 1 is 1.42 bits per heavy atom. The van der Waals surface area contributed by atoms with Gasteiger partial charge in [0.25, 0.3) is 0 Å². The summed E-state index contributed by atoms with van der Waals surface area (Å²) in [6.07, 6.45) is 1.78. The Morgan fingerprint density at radius 2 is 1.95 bits per heavy atom. The number of aliphatic hydroxyl groups is 1. The molecule has 0 radical (unpaired) electrons. The molecule has 0 aliphatic rings. The van der Waals surface area contributed by atoms with Crippen molar-refractivity contribution in [2.75, 3.05) is 18.2 Å². The first-order chi connectivity index (χ1) is 8.90. The number of nitrogens with one attached hydrogen (secondary N) is 1. The topological polar surface area (TPSA) is 69.6 Å². The zero-order chi connectivity index (χ0) is 14.6. The normalized spacial score (nSPS) is 13.9. The largest absolute Gasteiger partial charge is 0.478 e. The summed E-state index contributed by atoms with van der Waals surface area (Å²) in [5.74, 6) is -3.33. The second-order valence-electron chi connectivity index (χ2n) is 4.01. The minimum Gasteiger partial charge on any atom is -0.478 e. The average Bonchev–Trinajstić information content (AvgIpc) is 2.34. The lowest BCUT2D eigenvalue weighted by Crippen LogP contribution is -2.31. The quantitative estimate of drug-likeness (QED) is 0.749. The average molecular weight is 291 g/mol. The molecule has 2 unspecified atom stereocenters. The van der Waals surface area contributed by atoms with E-state index in [1.165, 1.54) is 11.8 Å². The molecule has 4 nitrogen and oxygen atoms in total. The molecule has 0 amide bonds. The summed E-state index contributed by atoms with van der Waals surface area (Å²) in [5.41, 5.74) is -0.832. The van der Waals surface area contributed by atoms with Gasteiger partial charge in [-0.05, 0) is 25.3 Å². The highest BCUT2D eigenvalue weighted by Gasteiger charge is 2.20. The third-order valence-corrected chi connectivity index (χ3v) is 3.86. The summed E-state index contributed by atoms with van der Waals surface area (Å²) in [6.45, 7) is 1.55. The number of rotatable bonds is 6. The number of halogens is 2. The molecule has 0 saturated heterocycles. The Kier molecular flexibility index (Phi) is 5.56. The van der Waals surface area contributed by atoms with E-state index in [1.807, 2.05) is 0 Å². The van der Waals surface area contributed by atoms with Gasteiger partial charge in [-0.15, -0.1) is 0 Å². The number of carboxylic acids is 1. The second kappa shape index (κ2) is 6.72. The molecule has 0 aliphatic heterocycles. The lowest BCUT2D eigenvalue weighted by atomic mass is 10.1. The van der Waals surface area contributed by atoms with Crippen molar-refractivity contribution >= 4 is 23.4 Å². The van der Waals surface area contributed by atoms with Gasteiger partial charge in [0.15, 0.2) is 0 Å². The van der Waals surface area contributed by atoms with Crippen LogP contribution < -0.4 is 5.32 Å². The van der Waals surface area contributed by atoms with E-state index in [9.17, 15) is 13.6 Å². The van der Waals surface area contributed by atoms with Gasteiger partial charge in [-0.3, -0.25) is 0 Å². The minimum atomic E-state index is -1.39. The summed E-state index contributed by atoms with van der Waals surface area (Å²) in [5, 5.41) is 20.2. The van der Waals surface area contributed by atoms with Crippen LogP contribution >= 0.6 is 11.8 Å². The molecular weight excluding hydrogens is 276 g/mol. The molecule has 19 heavy (non-hydrogen) atoms. The maximum atomic E-state index is 13.7. The molecule has 1 aromatic carbocycles. The molecular formula is C12H15F2NO3S. The molecule has 0 heterocycles. The predicted molar refractivity (Wildman–Crippen MR) is 70.8 cm³/mol. The van der Waals surface area contributed by atoms with E-state index in [0.717, 1.165) is 12.1 Å².